The number of halogens is 3. The molecule has 2 heterocycles. The van der Waals surface area contributed by atoms with Crippen LogP contribution in [0, 0.1) is 12.3 Å². The highest BCUT2D eigenvalue weighted by atomic mass is 19.4. The fourth-order valence-corrected chi connectivity index (χ4v) is 5.78. The number of aromatic nitrogens is 1. The van der Waals surface area contributed by atoms with Crippen LogP contribution in [0.15, 0.2) is 12.1 Å². The summed E-state index contributed by atoms with van der Waals surface area (Å²) < 4.78 is 50.5. The van der Waals surface area contributed by atoms with Gasteiger partial charge in [0.25, 0.3) is 0 Å². The quantitative estimate of drug-likeness (QED) is 0.582. The summed E-state index contributed by atoms with van der Waals surface area (Å²) in [5.41, 5.74) is -0.484. The molecule has 3 fully saturated rings. The van der Waals surface area contributed by atoms with Gasteiger partial charge in [0.05, 0.1) is 11.4 Å². The van der Waals surface area contributed by atoms with Crippen LogP contribution in [0.1, 0.15) is 65.0 Å². The van der Waals surface area contributed by atoms with Crippen LogP contribution in [0.2, 0.25) is 0 Å². The van der Waals surface area contributed by atoms with E-state index in [1.807, 2.05) is 44.7 Å². The Morgan fingerprint density at radius 1 is 1.09 bits per heavy atom. The third kappa shape index (κ3) is 5.47. The van der Waals surface area contributed by atoms with Gasteiger partial charge in [-0.1, -0.05) is 0 Å². The van der Waals surface area contributed by atoms with Crippen LogP contribution in [-0.4, -0.2) is 60.7 Å². The molecule has 1 amide bonds. The molecule has 196 valence electrons. The minimum absolute atomic E-state index is 0.109. The SMILES string of the molecule is COC1(C(F)(F)F)CCN(c2ccc(NC3CC4(CC(NC(=O)OC(C)(C)C)C4)C3)c(C)n2)CC1. The molecule has 2 N–H and O–H groups in total. The average Bonchev–Trinajstić information content (AvgIpc) is 2.69. The van der Waals surface area contributed by atoms with Gasteiger partial charge in [0, 0.05) is 45.1 Å². The van der Waals surface area contributed by atoms with E-state index in [2.05, 4.69) is 15.6 Å². The Hall–Kier alpha value is -2.23. The van der Waals surface area contributed by atoms with Crippen LogP contribution in [0.5, 0.6) is 0 Å². The molecule has 0 bridgehead atoms. The molecule has 0 unspecified atom stereocenters. The number of aryl methyl sites for hydroxylation is 1. The lowest BCUT2D eigenvalue weighted by Gasteiger charge is -2.58. The van der Waals surface area contributed by atoms with Crippen molar-refractivity contribution in [1.29, 1.82) is 0 Å². The topological polar surface area (TPSA) is 75.7 Å². The molecule has 2 aliphatic carbocycles. The van der Waals surface area contributed by atoms with Crippen molar-refractivity contribution >= 4 is 17.6 Å². The average molecular weight is 499 g/mol. The van der Waals surface area contributed by atoms with Crippen LogP contribution in [0.3, 0.4) is 0 Å². The molecule has 0 atom stereocenters. The summed E-state index contributed by atoms with van der Waals surface area (Å²) in [5, 5.41) is 6.52. The Balaban J connectivity index is 1.24. The fraction of sp³-hybridized carbons (Fsp3) is 0.760. The molecule has 7 nitrogen and oxygen atoms in total. The van der Waals surface area contributed by atoms with Gasteiger partial charge in [0.15, 0.2) is 5.60 Å². The summed E-state index contributed by atoms with van der Waals surface area (Å²) in [6.07, 6.45) is -0.923. The lowest BCUT2D eigenvalue weighted by atomic mass is 9.52. The summed E-state index contributed by atoms with van der Waals surface area (Å²) in [6, 6.07) is 4.37. The molecule has 2 saturated carbocycles. The molecule has 0 aromatic carbocycles. The molecule has 1 aromatic rings. The Morgan fingerprint density at radius 3 is 2.20 bits per heavy atom. The molecule has 0 radical (unpaired) electrons. The number of methoxy groups -OCH3 is 1. The van der Waals surface area contributed by atoms with Crippen molar-refractivity contribution in [2.24, 2.45) is 5.41 Å². The number of ether oxygens (including phenoxy) is 2. The second-order valence-corrected chi connectivity index (χ2v) is 11.5. The van der Waals surface area contributed by atoms with E-state index in [0.29, 0.717) is 17.3 Å². The normalized spacial score (nSPS) is 28.2. The van der Waals surface area contributed by atoms with Crippen molar-refractivity contribution in [3.05, 3.63) is 17.8 Å². The zero-order valence-electron chi connectivity index (χ0n) is 21.2. The summed E-state index contributed by atoms with van der Waals surface area (Å²) >= 11 is 0. The number of rotatable bonds is 5. The Kier molecular flexibility index (Phi) is 6.66. The standard InChI is InChI=1S/C25H37F3N4O3/c1-16-19(6-7-20(29-16)32-10-8-24(34-5,9-11-32)25(26,27)28)30-17-12-23(13-17)14-18(15-23)31-21(33)35-22(2,3)4/h6-7,17-18,30H,8-15H2,1-5H3,(H,31,33). The highest BCUT2D eigenvalue weighted by Crippen LogP contribution is 2.56. The maximum absolute atomic E-state index is 13.4. The van der Waals surface area contributed by atoms with Crippen LogP contribution < -0.4 is 15.5 Å². The number of nitrogens with one attached hydrogen (secondary N) is 2. The molecular formula is C25H37F3N4O3. The van der Waals surface area contributed by atoms with Crippen LogP contribution in [-0.2, 0) is 9.47 Å². The van der Waals surface area contributed by atoms with Gasteiger partial charge in [-0.3, -0.25) is 0 Å². The van der Waals surface area contributed by atoms with E-state index < -0.39 is 17.4 Å². The lowest BCUT2D eigenvalue weighted by molar-refractivity contribution is -0.276. The van der Waals surface area contributed by atoms with Gasteiger partial charge in [0.1, 0.15) is 11.4 Å². The largest absolute Gasteiger partial charge is 0.444 e. The second kappa shape index (κ2) is 9.01. The van der Waals surface area contributed by atoms with Gasteiger partial charge < -0.3 is 25.0 Å². The highest BCUT2D eigenvalue weighted by Gasteiger charge is 2.56. The summed E-state index contributed by atoms with van der Waals surface area (Å²) in [6.45, 7) is 7.97. The lowest BCUT2D eigenvalue weighted by Crippen LogP contribution is -2.59. The van der Waals surface area contributed by atoms with Gasteiger partial charge in [0.2, 0.25) is 0 Å². The monoisotopic (exact) mass is 498 g/mol. The number of piperidine rings is 1. The summed E-state index contributed by atoms with van der Waals surface area (Å²) in [4.78, 5) is 18.5. The second-order valence-electron chi connectivity index (χ2n) is 11.5. The number of alkyl carbamates (subject to hydrolysis) is 1. The first-order valence-corrected chi connectivity index (χ1v) is 12.3. The third-order valence-electron chi connectivity index (χ3n) is 7.67. The van der Waals surface area contributed by atoms with Gasteiger partial charge in [-0.25, -0.2) is 9.78 Å². The van der Waals surface area contributed by atoms with E-state index in [4.69, 9.17) is 9.47 Å². The molecular weight excluding hydrogens is 461 g/mol. The van der Waals surface area contributed by atoms with E-state index >= 15 is 0 Å². The number of anilines is 2. The Morgan fingerprint density at radius 2 is 1.69 bits per heavy atom. The maximum Gasteiger partial charge on any atom is 0.417 e. The van der Waals surface area contributed by atoms with Crippen LogP contribution in [0.25, 0.3) is 0 Å². The number of nitrogens with zero attached hydrogens (tertiary/aromatic N) is 2. The number of alkyl halides is 3. The molecule has 1 spiro atoms. The minimum atomic E-state index is -4.38. The smallest absolute Gasteiger partial charge is 0.417 e. The third-order valence-corrected chi connectivity index (χ3v) is 7.67. The van der Waals surface area contributed by atoms with Crippen molar-refractivity contribution in [1.82, 2.24) is 10.3 Å². The molecule has 35 heavy (non-hydrogen) atoms. The van der Waals surface area contributed by atoms with Gasteiger partial charge in [-0.15, -0.1) is 0 Å². The number of carbonyl (C=O) groups is 1. The summed E-state index contributed by atoms with van der Waals surface area (Å²) in [5.74, 6) is 0.694. The minimum Gasteiger partial charge on any atom is -0.444 e. The van der Waals surface area contributed by atoms with Gasteiger partial charge >= 0.3 is 12.3 Å². The van der Waals surface area contributed by atoms with Gasteiger partial charge in [-0.2, -0.15) is 13.2 Å². The first kappa shape index (κ1) is 25.9. The van der Waals surface area contributed by atoms with E-state index in [1.165, 1.54) is 0 Å². The first-order chi connectivity index (χ1) is 16.2. The van der Waals surface area contributed by atoms with Crippen molar-refractivity contribution in [3.63, 3.8) is 0 Å². The molecule has 10 heteroatoms. The molecule has 3 aliphatic rings. The predicted molar refractivity (Wildman–Crippen MR) is 128 cm³/mol. The molecule has 4 rings (SSSR count). The Bertz CT molecular complexity index is 925. The van der Waals surface area contributed by atoms with Crippen molar-refractivity contribution in [2.45, 2.75) is 95.7 Å². The fourth-order valence-electron chi connectivity index (χ4n) is 5.78. The maximum atomic E-state index is 13.4. The van der Waals surface area contributed by atoms with Crippen molar-refractivity contribution in [2.75, 3.05) is 30.4 Å². The number of carbonyl (C=O) groups excluding carboxylic acids is 1. The van der Waals surface area contributed by atoms with Gasteiger partial charge in [-0.05, 0) is 70.9 Å². The van der Waals surface area contributed by atoms with Crippen LogP contribution in [0.4, 0.5) is 29.5 Å². The highest BCUT2D eigenvalue weighted by molar-refractivity contribution is 5.68. The van der Waals surface area contributed by atoms with E-state index in [9.17, 15) is 18.0 Å². The van der Waals surface area contributed by atoms with E-state index in [1.54, 1.807) is 0 Å². The Labute approximate surface area is 205 Å². The number of pyridine rings is 1. The van der Waals surface area contributed by atoms with E-state index in [-0.39, 0.29) is 38.1 Å². The predicted octanol–water partition coefficient (Wildman–Crippen LogP) is 5.19. The van der Waals surface area contributed by atoms with Crippen LogP contribution >= 0.6 is 0 Å². The number of hydrogen-bond donors (Lipinski definition) is 2. The zero-order chi connectivity index (χ0) is 25.6. The molecule has 1 aromatic heterocycles. The number of hydrogen-bond acceptors (Lipinski definition) is 6. The summed E-state index contributed by atoms with van der Waals surface area (Å²) in [7, 11) is 1.14. The van der Waals surface area contributed by atoms with E-state index in [0.717, 1.165) is 44.2 Å². The van der Waals surface area contributed by atoms with Crippen molar-refractivity contribution < 1.29 is 27.4 Å². The van der Waals surface area contributed by atoms with Crippen molar-refractivity contribution in [3.8, 4) is 0 Å². The molecule has 1 aliphatic heterocycles. The molecule has 1 saturated heterocycles. The first-order valence-electron chi connectivity index (χ1n) is 12.3. The zero-order valence-corrected chi connectivity index (χ0v) is 21.2. The number of amides is 1.